The smallest absolute Gasteiger partial charge is 0.0507 e. The van der Waals surface area contributed by atoms with E-state index in [2.05, 4.69) is 62.0 Å². The van der Waals surface area contributed by atoms with Crippen LogP contribution in [-0.2, 0) is 0 Å². The Bertz CT molecular complexity index is 459. The van der Waals surface area contributed by atoms with E-state index in [4.69, 9.17) is 5.73 Å². The standard InChI is InChI=1S/C15H23Br2N3/c1-3-10(2)15(20-6-4-19-5-7-20)12-8-11(16)9-13(17)14(12)18/h8-10,15,19H,3-7,18H2,1-2H3/t10?,15-/m0/s1. The Labute approximate surface area is 138 Å². The molecule has 1 aromatic rings. The molecule has 5 heteroatoms. The maximum atomic E-state index is 6.34. The van der Waals surface area contributed by atoms with Crippen molar-refractivity contribution >= 4 is 37.5 Å². The molecule has 1 heterocycles. The average Bonchev–Trinajstić information content (AvgIpc) is 2.45. The number of hydrogen-bond donors (Lipinski definition) is 2. The third-order valence-corrected chi connectivity index (χ3v) is 5.29. The minimum atomic E-state index is 0.385. The molecule has 3 nitrogen and oxygen atoms in total. The molecule has 20 heavy (non-hydrogen) atoms. The summed E-state index contributed by atoms with van der Waals surface area (Å²) < 4.78 is 2.06. The zero-order valence-electron chi connectivity index (χ0n) is 12.1. The molecular weight excluding hydrogens is 382 g/mol. The SMILES string of the molecule is CCC(C)[C@@H](c1cc(Br)cc(Br)c1N)N1CCNCC1. The number of nitrogens with two attached hydrogens (primary N) is 1. The van der Waals surface area contributed by atoms with Crippen molar-refractivity contribution in [3.8, 4) is 0 Å². The molecule has 0 aliphatic carbocycles. The third kappa shape index (κ3) is 3.56. The second-order valence-corrected chi connectivity index (χ2v) is 7.28. The van der Waals surface area contributed by atoms with E-state index >= 15 is 0 Å². The zero-order chi connectivity index (χ0) is 14.7. The van der Waals surface area contributed by atoms with Gasteiger partial charge in [-0.3, -0.25) is 4.90 Å². The summed E-state index contributed by atoms with van der Waals surface area (Å²) in [6.45, 7) is 8.85. The van der Waals surface area contributed by atoms with Gasteiger partial charge in [0.1, 0.15) is 0 Å². The maximum Gasteiger partial charge on any atom is 0.0507 e. The summed E-state index contributed by atoms with van der Waals surface area (Å²) in [5.74, 6) is 0.580. The van der Waals surface area contributed by atoms with Gasteiger partial charge < -0.3 is 11.1 Å². The van der Waals surface area contributed by atoms with Gasteiger partial charge in [0.25, 0.3) is 0 Å². The van der Waals surface area contributed by atoms with Crippen molar-refractivity contribution in [3.05, 3.63) is 26.6 Å². The Balaban J connectivity index is 2.40. The van der Waals surface area contributed by atoms with Crippen LogP contribution >= 0.6 is 31.9 Å². The number of nitrogens with zero attached hydrogens (tertiary/aromatic N) is 1. The topological polar surface area (TPSA) is 41.3 Å². The number of halogens is 2. The molecule has 1 unspecified atom stereocenters. The summed E-state index contributed by atoms with van der Waals surface area (Å²) in [5, 5.41) is 3.42. The Morgan fingerprint density at radius 1 is 1.30 bits per heavy atom. The molecular formula is C15H23Br2N3. The average molecular weight is 405 g/mol. The fourth-order valence-corrected chi connectivity index (χ4v) is 4.15. The van der Waals surface area contributed by atoms with E-state index < -0.39 is 0 Å². The lowest BCUT2D eigenvalue weighted by molar-refractivity contribution is 0.129. The molecule has 0 amide bonds. The van der Waals surface area contributed by atoms with Crippen molar-refractivity contribution in [1.82, 2.24) is 10.2 Å². The molecule has 112 valence electrons. The summed E-state index contributed by atoms with van der Waals surface area (Å²) in [5.41, 5.74) is 8.45. The van der Waals surface area contributed by atoms with Gasteiger partial charge >= 0.3 is 0 Å². The predicted molar refractivity (Wildman–Crippen MR) is 92.9 cm³/mol. The summed E-state index contributed by atoms with van der Waals surface area (Å²) in [6.07, 6.45) is 1.15. The van der Waals surface area contributed by atoms with Crippen LogP contribution in [0.3, 0.4) is 0 Å². The van der Waals surface area contributed by atoms with E-state index in [1.54, 1.807) is 0 Å². The maximum absolute atomic E-state index is 6.34. The second-order valence-electron chi connectivity index (χ2n) is 5.51. The summed E-state index contributed by atoms with van der Waals surface area (Å²) in [7, 11) is 0. The molecule has 0 bridgehead atoms. The molecule has 0 radical (unpaired) electrons. The van der Waals surface area contributed by atoms with Gasteiger partial charge in [-0.05, 0) is 39.5 Å². The van der Waals surface area contributed by atoms with Crippen molar-refractivity contribution in [1.29, 1.82) is 0 Å². The number of rotatable bonds is 4. The first-order chi connectivity index (χ1) is 9.54. The molecule has 1 aromatic carbocycles. The van der Waals surface area contributed by atoms with Crippen LogP contribution in [0.4, 0.5) is 5.69 Å². The van der Waals surface area contributed by atoms with E-state index in [9.17, 15) is 0 Å². The second kappa shape index (κ2) is 7.25. The van der Waals surface area contributed by atoms with Crippen molar-refractivity contribution in [3.63, 3.8) is 0 Å². The van der Waals surface area contributed by atoms with E-state index in [0.29, 0.717) is 12.0 Å². The third-order valence-electron chi connectivity index (χ3n) is 4.17. The van der Waals surface area contributed by atoms with E-state index in [-0.39, 0.29) is 0 Å². The number of nitrogen functional groups attached to an aromatic ring is 1. The van der Waals surface area contributed by atoms with Crippen LogP contribution in [-0.4, -0.2) is 31.1 Å². The molecule has 0 spiro atoms. The first kappa shape index (κ1) is 16.3. The van der Waals surface area contributed by atoms with Crippen LogP contribution < -0.4 is 11.1 Å². The van der Waals surface area contributed by atoms with Crippen molar-refractivity contribution in [2.45, 2.75) is 26.3 Å². The molecule has 2 atom stereocenters. The van der Waals surface area contributed by atoms with Gasteiger partial charge in [0.2, 0.25) is 0 Å². The molecule has 1 aliphatic rings. The number of anilines is 1. The summed E-state index contributed by atoms with van der Waals surface area (Å²) in [6, 6.07) is 4.58. The summed E-state index contributed by atoms with van der Waals surface area (Å²) >= 11 is 7.17. The van der Waals surface area contributed by atoms with E-state index in [1.807, 2.05) is 6.07 Å². The van der Waals surface area contributed by atoms with Crippen molar-refractivity contribution in [2.24, 2.45) is 5.92 Å². The lowest BCUT2D eigenvalue weighted by Gasteiger charge is -2.39. The molecule has 1 fully saturated rings. The molecule has 0 aromatic heterocycles. The lowest BCUT2D eigenvalue weighted by Crippen LogP contribution is -2.46. The predicted octanol–water partition coefficient (Wildman–Crippen LogP) is 3.79. The largest absolute Gasteiger partial charge is 0.398 e. The Kier molecular flexibility index (Phi) is 5.90. The Morgan fingerprint density at radius 3 is 2.55 bits per heavy atom. The monoisotopic (exact) mass is 403 g/mol. The fourth-order valence-electron chi connectivity index (χ4n) is 2.90. The minimum absolute atomic E-state index is 0.385. The molecule has 1 aliphatic heterocycles. The van der Waals surface area contributed by atoms with Crippen LogP contribution in [0.2, 0.25) is 0 Å². The number of piperazine rings is 1. The highest BCUT2D eigenvalue weighted by molar-refractivity contribution is 9.11. The van der Waals surface area contributed by atoms with Gasteiger partial charge in [-0.2, -0.15) is 0 Å². The number of nitrogens with one attached hydrogen (secondary N) is 1. The highest BCUT2D eigenvalue weighted by Crippen LogP contribution is 2.39. The van der Waals surface area contributed by atoms with Crippen LogP contribution in [0.1, 0.15) is 31.9 Å². The van der Waals surface area contributed by atoms with Gasteiger partial charge in [-0.1, -0.05) is 36.2 Å². The van der Waals surface area contributed by atoms with Crippen LogP contribution in [0.25, 0.3) is 0 Å². The number of hydrogen-bond acceptors (Lipinski definition) is 3. The normalized spacial score (nSPS) is 19.8. The van der Waals surface area contributed by atoms with Gasteiger partial charge in [-0.15, -0.1) is 0 Å². The molecule has 3 N–H and O–H groups in total. The summed E-state index contributed by atoms with van der Waals surface area (Å²) in [4.78, 5) is 2.56. The molecule has 2 rings (SSSR count). The van der Waals surface area contributed by atoms with Gasteiger partial charge in [-0.25, -0.2) is 0 Å². The Morgan fingerprint density at radius 2 is 1.95 bits per heavy atom. The first-order valence-electron chi connectivity index (χ1n) is 7.23. The van der Waals surface area contributed by atoms with E-state index in [0.717, 1.165) is 47.2 Å². The van der Waals surface area contributed by atoms with Gasteiger partial charge in [0.15, 0.2) is 0 Å². The van der Waals surface area contributed by atoms with Gasteiger partial charge in [0.05, 0.1) is 5.69 Å². The quantitative estimate of drug-likeness (QED) is 0.750. The Hall–Kier alpha value is -0.100. The lowest BCUT2D eigenvalue weighted by atomic mass is 9.89. The fraction of sp³-hybridized carbons (Fsp3) is 0.600. The van der Waals surface area contributed by atoms with Crippen molar-refractivity contribution in [2.75, 3.05) is 31.9 Å². The highest BCUT2D eigenvalue weighted by atomic mass is 79.9. The van der Waals surface area contributed by atoms with Crippen LogP contribution in [0.15, 0.2) is 21.1 Å². The molecule has 0 saturated carbocycles. The zero-order valence-corrected chi connectivity index (χ0v) is 15.3. The number of benzene rings is 1. The first-order valence-corrected chi connectivity index (χ1v) is 8.82. The van der Waals surface area contributed by atoms with E-state index in [1.165, 1.54) is 5.56 Å². The van der Waals surface area contributed by atoms with Gasteiger partial charge in [0, 0.05) is 41.2 Å². The highest BCUT2D eigenvalue weighted by Gasteiger charge is 2.28. The van der Waals surface area contributed by atoms with Crippen LogP contribution in [0.5, 0.6) is 0 Å². The minimum Gasteiger partial charge on any atom is -0.398 e. The van der Waals surface area contributed by atoms with Crippen molar-refractivity contribution < 1.29 is 0 Å². The molecule has 1 saturated heterocycles. The van der Waals surface area contributed by atoms with Crippen LogP contribution in [0, 0.1) is 5.92 Å².